The van der Waals surface area contributed by atoms with Crippen molar-refractivity contribution in [2.24, 2.45) is 0 Å². The van der Waals surface area contributed by atoms with Crippen molar-refractivity contribution < 1.29 is 4.74 Å². The van der Waals surface area contributed by atoms with E-state index >= 15 is 0 Å². The smallest absolute Gasteiger partial charge is 0.123 e. The van der Waals surface area contributed by atoms with Crippen molar-refractivity contribution in [2.45, 2.75) is 6.04 Å². The van der Waals surface area contributed by atoms with Crippen molar-refractivity contribution in [3.05, 3.63) is 64.7 Å². The summed E-state index contributed by atoms with van der Waals surface area (Å²) in [6.45, 7) is 0. The number of nitrogens with one attached hydrogen (secondary N) is 1. The molecule has 0 heterocycles. The Labute approximate surface area is 113 Å². The molecule has 0 amide bonds. The molecule has 0 bridgehead atoms. The summed E-state index contributed by atoms with van der Waals surface area (Å²) in [4.78, 5) is 0. The maximum absolute atomic E-state index is 5.92. The Balaban J connectivity index is 2.41. The molecule has 0 aliphatic heterocycles. The third-order valence-electron chi connectivity index (χ3n) is 2.94. The molecular formula is C15H16ClNO. The van der Waals surface area contributed by atoms with E-state index in [1.807, 2.05) is 49.5 Å². The van der Waals surface area contributed by atoms with Gasteiger partial charge in [-0.15, -0.1) is 0 Å². The summed E-state index contributed by atoms with van der Waals surface area (Å²) >= 11 is 5.92. The molecule has 0 spiro atoms. The Morgan fingerprint density at radius 1 is 1.06 bits per heavy atom. The van der Waals surface area contributed by atoms with Gasteiger partial charge < -0.3 is 10.1 Å². The summed E-state index contributed by atoms with van der Waals surface area (Å²) < 4.78 is 5.41. The van der Waals surface area contributed by atoms with Crippen molar-refractivity contribution in [1.29, 1.82) is 0 Å². The van der Waals surface area contributed by atoms with Gasteiger partial charge in [-0.25, -0.2) is 0 Å². The van der Waals surface area contributed by atoms with Crippen molar-refractivity contribution in [2.75, 3.05) is 14.2 Å². The van der Waals surface area contributed by atoms with E-state index in [-0.39, 0.29) is 6.04 Å². The van der Waals surface area contributed by atoms with Gasteiger partial charge in [-0.3, -0.25) is 0 Å². The van der Waals surface area contributed by atoms with Gasteiger partial charge in [-0.2, -0.15) is 0 Å². The Morgan fingerprint density at radius 3 is 2.33 bits per heavy atom. The second-order valence-electron chi connectivity index (χ2n) is 4.02. The summed E-state index contributed by atoms with van der Waals surface area (Å²) in [6, 6.07) is 16.0. The quantitative estimate of drug-likeness (QED) is 0.907. The molecule has 94 valence electrons. The summed E-state index contributed by atoms with van der Waals surface area (Å²) in [5.41, 5.74) is 2.27. The van der Waals surface area contributed by atoms with Crippen LogP contribution in [-0.2, 0) is 0 Å². The van der Waals surface area contributed by atoms with Crippen molar-refractivity contribution in [3.63, 3.8) is 0 Å². The lowest BCUT2D eigenvalue weighted by Gasteiger charge is -2.19. The molecule has 0 saturated carbocycles. The fraction of sp³-hybridized carbons (Fsp3) is 0.200. The van der Waals surface area contributed by atoms with Crippen molar-refractivity contribution >= 4 is 11.6 Å². The molecule has 2 rings (SSSR count). The number of para-hydroxylation sites is 1. The Morgan fingerprint density at radius 2 is 1.72 bits per heavy atom. The van der Waals surface area contributed by atoms with Gasteiger partial charge in [0.15, 0.2) is 0 Å². The molecular weight excluding hydrogens is 246 g/mol. The summed E-state index contributed by atoms with van der Waals surface area (Å²) in [7, 11) is 3.62. The molecule has 0 fully saturated rings. The normalized spacial score (nSPS) is 12.2. The fourth-order valence-electron chi connectivity index (χ4n) is 2.06. The zero-order chi connectivity index (χ0) is 13.0. The highest BCUT2D eigenvalue weighted by atomic mass is 35.5. The van der Waals surface area contributed by atoms with Crippen molar-refractivity contribution in [3.8, 4) is 5.75 Å². The second kappa shape index (κ2) is 5.89. The molecule has 3 heteroatoms. The third-order valence-corrected chi connectivity index (χ3v) is 3.19. The van der Waals surface area contributed by atoms with Crippen molar-refractivity contribution in [1.82, 2.24) is 5.32 Å². The van der Waals surface area contributed by atoms with Gasteiger partial charge in [0.1, 0.15) is 5.75 Å². The lowest BCUT2D eigenvalue weighted by Crippen LogP contribution is -2.18. The molecule has 1 unspecified atom stereocenters. The topological polar surface area (TPSA) is 21.3 Å². The Kier molecular flexibility index (Phi) is 4.24. The number of rotatable bonds is 4. The zero-order valence-corrected chi connectivity index (χ0v) is 11.2. The molecule has 2 aromatic rings. The second-order valence-corrected chi connectivity index (χ2v) is 4.45. The molecule has 0 aliphatic rings. The molecule has 0 aromatic heterocycles. The number of methoxy groups -OCH3 is 1. The number of ether oxygens (including phenoxy) is 1. The van der Waals surface area contributed by atoms with Crippen LogP contribution in [0.1, 0.15) is 17.2 Å². The molecule has 0 saturated heterocycles. The van der Waals surface area contributed by atoms with E-state index in [9.17, 15) is 0 Å². The van der Waals surface area contributed by atoms with Crippen LogP contribution in [0, 0.1) is 0 Å². The zero-order valence-electron chi connectivity index (χ0n) is 10.5. The summed E-state index contributed by atoms with van der Waals surface area (Å²) in [6.07, 6.45) is 0. The Bertz CT molecular complexity index is 510. The lowest BCUT2D eigenvalue weighted by atomic mass is 9.98. The van der Waals surface area contributed by atoms with Crippen LogP contribution in [0.15, 0.2) is 48.5 Å². The first-order valence-corrected chi connectivity index (χ1v) is 6.19. The van der Waals surface area contributed by atoms with E-state index < -0.39 is 0 Å². The van der Waals surface area contributed by atoms with Gasteiger partial charge >= 0.3 is 0 Å². The maximum Gasteiger partial charge on any atom is 0.123 e. The van der Waals surface area contributed by atoms with Gasteiger partial charge in [0.25, 0.3) is 0 Å². The largest absolute Gasteiger partial charge is 0.496 e. The first kappa shape index (κ1) is 12.9. The van der Waals surface area contributed by atoms with E-state index in [2.05, 4.69) is 11.4 Å². The summed E-state index contributed by atoms with van der Waals surface area (Å²) in [5, 5.41) is 4.05. The van der Waals surface area contributed by atoms with Crippen LogP contribution in [-0.4, -0.2) is 14.2 Å². The third kappa shape index (κ3) is 2.66. The van der Waals surface area contributed by atoms with E-state index in [4.69, 9.17) is 16.3 Å². The van der Waals surface area contributed by atoms with E-state index in [0.29, 0.717) is 0 Å². The van der Waals surface area contributed by atoms with Crippen LogP contribution < -0.4 is 10.1 Å². The minimum Gasteiger partial charge on any atom is -0.496 e. The molecule has 18 heavy (non-hydrogen) atoms. The highest BCUT2D eigenvalue weighted by molar-refractivity contribution is 6.30. The SMILES string of the molecule is CNC(c1ccc(Cl)cc1)c1ccccc1OC. The predicted molar refractivity (Wildman–Crippen MR) is 75.3 cm³/mol. The van der Waals surface area contributed by atoms with Gasteiger partial charge in [0, 0.05) is 10.6 Å². The minimum absolute atomic E-state index is 0.0958. The lowest BCUT2D eigenvalue weighted by molar-refractivity contribution is 0.405. The number of hydrogen-bond donors (Lipinski definition) is 1. The van der Waals surface area contributed by atoms with Gasteiger partial charge in [0.05, 0.1) is 13.2 Å². The summed E-state index contributed by atoms with van der Waals surface area (Å²) in [5.74, 6) is 0.881. The highest BCUT2D eigenvalue weighted by Gasteiger charge is 2.15. The standard InChI is InChI=1S/C15H16ClNO/c1-17-15(11-7-9-12(16)10-8-11)13-5-3-4-6-14(13)18-2/h3-10,15,17H,1-2H3. The van der Waals surface area contributed by atoms with Crippen LogP contribution in [0.5, 0.6) is 5.75 Å². The fourth-order valence-corrected chi connectivity index (χ4v) is 2.19. The molecule has 1 N–H and O–H groups in total. The van der Waals surface area contributed by atoms with E-state index in [1.165, 1.54) is 0 Å². The van der Waals surface area contributed by atoms with Crippen LogP contribution in [0.2, 0.25) is 5.02 Å². The minimum atomic E-state index is 0.0958. The maximum atomic E-state index is 5.92. The van der Waals surface area contributed by atoms with Crippen LogP contribution in [0.4, 0.5) is 0 Å². The first-order valence-electron chi connectivity index (χ1n) is 5.82. The first-order chi connectivity index (χ1) is 8.76. The molecule has 0 radical (unpaired) electrons. The number of benzene rings is 2. The Hall–Kier alpha value is -1.51. The molecule has 2 nitrogen and oxygen atoms in total. The molecule has 0 aliphatic carbocycles. The van der Waals surface area contributed by atoms with Crippen LogP contribution >= 0.6 is 11.6 Å². The van der Waals surface area contributed by atoms with Gasteiger partial charge in [0.2, 0.25) is 0 Å². The monoisotopic (exact) mass is 261 g/mol. The van der Waals surface area contributed by atoms with E-state index in [0.717, 1.165) is 21.9 Å². The van der Waals surface area contributed by atoms with Crippen LogP contribution in [0.25, 0.3) is 0 Å². The molecule has 2 aromatic carbocycles. The predicted octanol–water partition coefficient (Wildman–Crippen LogP) is 3.66. The average molecular weight is 262 g/mol. The number of hydrogen-bond acceptors (Lipinski definition) is 2. The van der Waals surface area contributed by atoms with Crippen LogP contribution in [0.3, 0.4) is 0 Å². The number of halogens is 1. The molecule has 1 atom stereocenters. The van der Waals surface area contributed by atoms with Gasteiger partial charge in [-0.1, -0.05) is 41.9 Å². The van der Waals surface area contributed by atoms with E-state index in [1.54, 1.807) is 7.11 Å². The average Bonchev–Trinajstić information content (AvgIpc) is 2.42. The highest BCUT2D eigenvalue weighted by Crippen LogP contribution is 2.29. The van der Waals surface area contributed by atoms with Gasteiger partial charge in [-0.05, 0) is 30.8 Å².